The van der Waals surface area contributed by atoms with Gasteiger partial charge in [-0.25, -0.2) is 0 Å². The predicted molar refractivity (Wildman–Crippen MR) is 70.9 cm³/mol. The Labute approximate surface area is 104 Å². The Bertz CT molecular complexity index is 301. The van der Waals surface area contributed by atoms with Crippen molar-refractivity contribution in [3.8, 4) is 0 Å². The molecule has 0 spiro atoms. The van der Waals surface area contributed by atoms with Crippen LogP contribution < -0.4 is 5.73 Å². The van der Waals surface area contributed by atoms with Crippen molar-refractivity contribution in [1.29, 1.82) is 0 Å². The number of nitrogens with zero attached hydrogens (tertiary/aromatic N) is 2. The van der Waals surface area contributed by atoms with Gasteiger partial charge in [-0.1, -0.05) is 0 Å². The van der Waals surface area contributed by atoms with Crippen LogP contribution in [-0.4, -0.2) is 54.1 Å². The van der Waals surface area contributed by atoms with Crippen LogP contribution in [0.4, 0.5) is 0 Å². The second kappa shape index (κ2) is 6.19. The molecule has 1 aliphatic heterocycles. The summed E-state index contributed by atoms with van der Waals surface area (Å²) in [6, 6.07) is 2.70. The van der Waals surface area contributed by atoms with E-state index in [0.29, 0.717) is 6.04 Å². The molecule has 0 radical (unpaired) electrons. The zero-order valence-corrected chi connectivity index (χ0v) is 10.7. The lowest BCUT2D eigenvalue weighted by atomic mass is 10.1. The number of nitrogens with one attached hydrogen (secondary N) is 1. The topological polar surface area (TPSA) is 48.3 Å². The summed E-state index contributed by atoms with van der Waals surface area (Å²) in [6.07, 6.45) is 5.22. The molecule has 2 heterocycles. The van der Waals surface area contributed by atoms with Crippen molar-refractivity contribution >= 4 is 0 Å². The summed E-state index contributed by atoms with van der Waals surface area (Å²) in [5.74, 6) is 0. The quantitative estimate of drug-likeness (QED) is 0.803. The average molecular weight is 236 g/mol. The molecule has 1 fully saturated rings. The number of aromatic nitrogens is 1. The van der Waals surface area contributed by atoms with E-state index in [2.05, 4.69) is 34.0 Å². The van der Waals surface area contributed by atoms with Gasteiger partial charge in [-0.05, 0) is 38.1 Å². The molecule has 0 bridgehead atoms. The third-order valence-electron chi connectivity index (χ3n) is 3.74. The first-order valence-electron chi connectivity index (χ1n) is 6.60. The molecule has 0 saturated carbocycles. The van der Waals surface area contributed by atoms with E-state index < -0.39 is 0 Å². The van der Waals surface area contributed by atoms with Gasteiger partial charge in [-0.15, -0.1) is 0 Å². The van der Waals surface area contributed by atoms with Crippen LogP contribution in [0.3, 0.4) is 0 Å². The Morgan fingerprint density at radius 3 is 2.71 bits per heavy atom. The lowest BCUT2D eigenvalue weighted by molar-refractivity contribution is 0.102. The van der Waals surface area contributed by atoms with Crippen LogP contribution in [0.5, 0.6) is 0 Å². The molecule has 4 nitrogen and oxygen atoms in total. The van der Waals surface area contributed by atoms with E-state index in [0.717, 1.165) is 32.6 Å². The highest BCUT2D eigenvalue weighted by molar-refractivity contribution is 5.13. The van der Waals surface area contributed by atoms with Crippen molar-refractivity contribution in [2.45, 2.75) is 19.4 Å². The molecule has 1 aliphatic rings. The summed E-state index contributed by atoms with van der Waals surface area (Å²) >= 11 is 0. The van der Waals surface area contributed by atoms with Gasteiger partial charge in [0.25, 0.3) is 0 Å². The first-order valence-corrected chi connectivity index (χ1v) is 6.60. The van der Waals surface area contributed by atoms with Crippen LogP contribution in [0.15, 0.2) is 18.5 Å². The molecule has 3 N–H and O–H groups in total. The van der Waals surface area contributed by atoms with Gasteiger partial charge in [0.15, 0.2) is 0 Å². The fourth-order valence-electron chi connectivity index (χ4n) is 2.50. The molecule has 96 valence electrons. The minimum absolute atomic E-state index is 0.526. The minimum Gasteiger partial charge on any atom is -0.367 e. The molecule has 1 atom stereocenters. The Hall–Kier alpha value is -0.840. The van der Waals surface area contributed by atoms with Gasteiger partial charge in [-0.3, -0.25) is 4.90 Å². The van der Waals surface area contributed by atoms with Crippen LogP contribution in [-0.2, 0) is 0 Å². The number of hydrogen-bond acceptors (Lipinski definition) is 3. The maximum Gasteiger partial charge on any atom is 0.0335 e. The van der Waals surface area contributed by atoms with E-state index >= 15 is 0 Å². The number of piperazine rings is 1. The predicted octanol–water partition coefficient (Wildman–Crippen LogP) is 1.04. The molecule has 1 aromatic rings. The second-order valence-electron chi connectivity index (χ2n) is 4.84. The molecule has 4 heteroatoms. The molecule has 2 rings (SSSR count). The average Bonchev–Trinajstić information content (AvgIpc) is 2.90. The third-order valence-corrected chi connectivity index (χ3v) is 3.74. The Morgan fingerprint density at radius 2 is 2.12 bits per heavy atom. The van der Waals surface area contributed by atoms with Crippen LogP contribution >= 0.6 is 0 Å². The standard InChI is InChI=1S/C13H24N4/c1-12(13-3-5-15-11-13)17-9-7-16(8-10-17)6-2-4-14/h3,5,11-12,15H,2,4,6-10,14H2,1H3. The third kappa shape index (κ3) is 3.31. The number of nitrogens with two attached hydrogens (primary N) is 1. The number of rotatable bonds is 5. The van der Waals surface area contributed by atoms with Gasteiger partial charge in [0.05, 0.1) is 0 Å². The van der Waals surface area contributed by atoms with E-state index in [1.807, 2.05) is 6.20 Å². The maximum absolute atomic E-state index is 5.54. The van der Waals surface area contributed by atoms with Gasteiger partial charge in [0.2, 0.25) is 0 Å². The van der Waals surface area contributed by atoms with Crippen molar-refractivity contribution in [1.82, 2.24) is 14.8 Å². The number of aromatic amines is 1. The van der Waals surface area contributed by atoms with Gasteiger partial charge < -0.3 is 15.6 Å². The van der Waals surface area contributed by atoms with Crippen molar-refractivity contribution in [3.63, 3.8) is 0 Å². The highest BCUT2D eigenvalue weighted by Gasteiger charge is 2.21. The van der Waals surface area contributed by atoms with Crippen molar-refractivity contribution in [2.75, 3.05) is 39.3 Å². The normalized spacial score (nSPS) is 20.6. The van der Waals surface area contributed by atoms with Crippen molar-refractivity contribution in [2.24, 2.45) is 5.73 Å². The van der Waals surface area contributed by atoms with Crippen molar-refractivity contribution in [3.05, 3.63) is 24.0 Å². The molecule has 0 aromatic carbocycles. The van der Waals surface area contributed by atoms with E-state index in [1.54, 1.807) is 0 Å². The monoisotopic (exact) mass is 236 g/mol. The molecule has 0 amide bonds. The van der Waals surface area contributed by atoms with Crippen molar-refractivity contribution < 1.29 is 0 Å². The first-order chi connectivity index (χ1) is 8.31. The molecular weight excluding hydrogens is 212 g/mol. The Morgan fingerprint density at radius 1 is 1.35 bits per heavy atom. The summed E-state index contributed by atoms with van der Waals surface area (Å²) < 4.78 is 0. The largest absolute Gasteiger partial charge is 0.367 e. The molecule has 1 aromatic heterocycles. The van der Waals surface area contributed by atoms with Crippen LogP contribution in [0.1, 0.15) is 24.9 Å². The maximum atomic E-state index is 5.54. The van der Waals surface area contributed by atoms with Crippen LogP contribution in [0.25, 0.3) is 0 Å². The highest BCUT2D eigenvalue weighted by atomic mass is 15.3. The Kier molecular flexibility index (Phi) is 4.59. The fraction of sp³-hybridized carbons (Fsp3) is 0.692. The van der Waals surface area contributed by atoms with Gasteiger partial charge in [0.1, 0.15) is 0 Å². The molecule has 1 saturated heterocycles. The first kappa shape index (κ1) is 12.6. The number of H-pyrrole nitrogens is 1. The SMILES string of the molecule is CC(c1cc[nH]c1)N1CCN(CCCN)CC1. The molecular formula is C13H24N4. The van der Waals surface area contributed by atoms with Crippen LogP contribution in [0.2, 0.25) is 0 Å². The fourth-order valence-corrected chi connectivity index (χ4v) is 2.50. The minimum atomic E-state index is 0.526. The van der Waals surface area contributed by atoms with E-state index in [-0.39, 0.29) is 0 Å². The molecule has 0 aliphatic carbocycles. The summed E-state index contributed by atoms with van der Waals surface area (Å²) in [5.41, 5.74) is 6.93. The van der Waals surface area contributed by atoms with Crippen LogP contribution in [0, 0.1) is 0 Å². The smallest absolute Gasteiger partial charge is 0.0335 e. The summed E-state index contributed by atoms with van der Waals surface area (Å²) in [6.45, 7) is 8.93. The van der Waals surface area contributed by atoms with Gasteiger partial charge >= 0.3 is 0 Å². The summed E-state index contributed by atoms with van der Waals surface area (Å²) in [4.78, 5) is 8.21. The lowest BCUT2D eigenvalue weighted by Crippen LogP contribution is -2.47. The molecule has 1 unspecified atom stereocenters. The summed E-state index contributed by atoms with van der Waals surface area (Å²) in [7, 11) is 0. The van der Waals surface area contributed by atoms with Gasteiger partial charge in [-0.2, -0.15) is 0 Å². The number of hydrogen-bond donors (Lipinski definition) is 2. The second-order valence-corrected chi connectivity index (χ2v) is 4.84. The highest BCUT2D eigenvalue weighted by Crippen LogP contribution is 2.20. The molecule has 17 heavy (non-hydrogen) atoms. The lowest BCUT2D eigenvalue weighted by Gasteiger charge is -2.37. The summed E-state index contributed by atoms with van der Waals surface area (Å²) in [5, 5.41) is 0. The van der Waals surface area contributed by atoms with E-state index in [9.17, 15) is 0 Å². The van der Waals surface area contributed by atoms with Gasteiger partial charge in [0, 0.05) is 44.6 Å². The zero-order valence-electron chi connectivity index (χ0n) is 10.7. The Balaban J connectivity index is 1.79. The van der Waals surface area contributed by atoms with E-state index in [4.69, 9.17) is 5.73 Å². The zero-order chi connectivity index (χ0) is 12.1. The van der Waals surface area contributed by atoms with E-state index in [1.165, 1.54) is 18.7 Å².